The Bertz CT molecular complexity index is 747. The molecule has 3 aromatic rings. The van der Waals surface area contributed by atoms with Crippen LogP contribution < -0.4 is 10.6 Å². The van der Waals surface area contributed by atoms with Crippen LogP contribution in [0.2, 0.25) is 0 Å². The van der Waals surface area contributed by atoms with Gasteiger partial charge >= 0.3 is 0 Å². The summed E-state index contributed by atoms with van der Waals surface area (Å²) in [5.74, 6) is 1.81. The third kappa shape index (κ3) is 4.60. The minimum Gasteiger partial charge on any atom is -0.368 e. The van der Waals surface area contributed by atoms with E-state index in [-0.39, 0.29) is 0 Å². The molecule has 0 bridgehead atoms. The highest BCUT2D eigenvalue weighted by atomic mass is 15.0. The molecule has 0 aliphatic heterocycles. The summed E-state index contributed by atoms with van der Waals surface area (Å²) in [5.41, 5.74) is 4.53. The molecule has 0 saturated carbocycles. The molecule has 0 spiro atoms. The Morgan fingerprint density at radius 2 is 0.885 bits per heavy atom. The second kappa shape index (κ2) is 8.00. The summed E-state index contributed by atoms with van der Waals surface area (Å²) in [6, 6.07) is 17.5. The van der Waals surface area contributed by atoms with Crippen LogP contribution in [0, 0.1) is 0 Å². The van der Waals surface area contributed by atoms with E-state index in [0.29, 0.717) is 12.1 Å². The first-order chi connectivity index (χ1) is 12.5. The average Bonchev–Trinajstić information content (AvgIpc) is 2.62. The van der Waals surface area contributed by atoms with Crippen LogP contribution in [0.15, 0.2) is 60.9 Å². The van der Waals surface area contributed by atoms with Crippen LogP contribution in [0.1, 0.15) is 27.7 Å². The standard InChI is InChI=1S/C22H26N4/c1-15(2)25-21-11-9-19(13-23-21)17-5-7-18(8-6-17)20-10-12-22(24-14-20)26-16(3)4/h5-16H,1-4H3,(H,23,25)(H,24,26). The van der Waals surface area contributed by atoms with Crippen molar-refractivity contribution in [2.75, 3.05) is 10.6 Å². The van der Waals surface area contributed by atoms with E-state index in [0.717, 1.165) is 33.9 Å². The molecule has 134 valence electrons. The lowest BCUT2D eigenvalue weighted by Crippen LogP contribution is -2.10. The number of hydrogen-bond acceptors (Lipinski definition) is 4. The molecule has 26 heavy (non-hydrogen) atoms. The molecule has 0 aliphatic rings. The fourth-order valence-corrected chi connectivity index (χ4v) is 2.75. The van der Waals surface area contributed by atoms with E-state index >= 15 is 0 Å². The molecule has 4 nitrogen and oxygen atoms in total. The minimum absolute atomic E-state index is 0.378. The molecule has 0 saturated heterocycles. The van der Waals surface area contributed by atoms with E-state index in [4.69, 9.17) is 0 Å². The third-order valence-corrected chi connectivity index (χ3v) is 3.95. The molecule has 0 radical (unpaired) electrons. The highest BCUT2D eigenvalue weighted by Gasteiger charge is 2.03. The van der Waals surface area contributed by atoms with Gasteiger partial charge in [0, 0.05) is 35.6 Å². The molecular formula is C22H26N4. The quantitative estimate of drug-likeness (QED) is 0.623. The number of hydrogen-bond donors (Lipinski definition) is 2. The summed E-state index contributed by atoms with van der Waals surface area (Å²) in [7, 11) is 0. The van der Waals surface area contributed by atoms with Crippen LogP contribution in [0.4, 0.5) is 11.6 Å². The first-order valence-corrected chi connectivity index (χ1v) is 9.07. The van der Waals surface area contributed by atoms with Crippen molar-refractivity contribution in [3.63, 3.8) is 0 Å². The number of aromatic nitrogens is 2. The number of nitrogens with zero attached hydrogens (tertiary/aromatic N) is 2. The van der Waals surface area contributed by atoms with E-state index in [1.807, 2.05) is 24.5 Å². The first kappa shape index (κ1) is 17.9. The number of nitrogens with one attached hydrogen (secondary N) is 2. The maximum absolute atomic E-state index is 4.48. The summed E-state index contributed by atoms with van der Waals surface area (Å²) in [4.78, 5) is 8.96. The molecular weight excluding hydrogens is 320 g/mol. The van der Waals surface area contributed by atoms with Crippen molar-refractivity contribution in [1.82, 2.24) is 9.97 Å². The van der Waals surface area contributed by atoms with E-state index in [9.17, 15) is 0 Å². The van der Waals surface area contributed by atoms with Crippen LogP contribution in [-0.2, 0) is 0 Å². The summed E-state index contributed by atoms with van der Waals surface area (Å²) in [6.07, 6.45) is 3.82. The van der Waals surface area contributed by atoms with Crippen molar-refractivity contribution in [3.8, 4) is 22.3 Å². The van der Waals surface area contributed by atoms with Gasteiger partial charge in [-0.1, -0.05) is 24.3 Å². The van der Waals surface area contributed by atoms with Crippen molar-refractivity contribution in [3.05, 3.63) is 60.9 Å². The van der Waals surface area contributed by atoms with E-state index in [1.165, 1.54) is 0 Å². The second-order valence-electron chi connectivity index (χ2n) is 7.04. The summed E-state index contributed by atoms with van der Waals surface area (Å²) in [6.45, 7) is 8.42. The van der Waals surface area contributed by atoms with Gasteiger partial charge in [0.2, 0.25) is 0 Å². The van der Waals surface area contributed by atoms with Gasteiger partial charge in [-0.25, -0.2) is 9.97 Å². The van der Waals surface area contributed by atoms with Crippen LogP contribution >= 0.6 is 0 Å². The van der Waals surface area contributed by atoms with Crippen molar-refractivity contribution in [2.45, 2.75) is 39.8 Å². The van der Waals surface area contributed by atoms with Crippen LogP contribution in [0.25, 0.3) is 22.3 Å². The van der Waals surface area contributed by atoms with Gasteiger partial charge < -0.3 is 10.6 Å². The Kier molecular flexibility index (Phi) is 5.52. The maximum atomic E-state index is 4.48. The summed E-state index contributed by atoms with van der Waals surface area (Å²) >= 11 is 0. The molecule has 0 amide bonds. The van der Waals surface area contributed by atoms with Gasteiger partial charge in [-0.2, -0.15) is 0 Å². The van der Waals surface area contributed by atoms with Crippen molar-refractivity contribution in [1.29, 1.82) is 0 Å². The van der Waals surface area contributed by atoms with Crippen LogP contribution in [0.3, 0.4) is 0 Å². The zero-order chi connectivity index (χ0) is 18.5. The molecule has 2 N–H and O–H groups in total. The SMILES string of the molecule is CC(C)Nc1ccc(-c2ccc(-c3ccc(NC(C)C)nc3)cc2)cn1. The Morgan fingerprint density at radius 3 is 1.15 bits per heavy atom. The Morgan fingerprint density at radius 1 is 0.538 bits per heavy atom. The number of pyridine rings is 2. The van der Waals surface area contributed by atoms with Crippen molar-refractivity contribution >= 4 is 11.6 Å². The third-order valence-electron chi connectivity index (χ3n) is 3.95. The molecule has 0 fully saturated rings. The molecule has 4 heteroatoms. The Balaban J connectivity index is 1.73. The van der Waals surface area contributed by atoms with Gasteiger partial charge in [0.05, 0.1) is 0 Å². The molecule has 0 atom stereocenters. The number of anilines is 2. The fraction of sp³-hybridized carbons (Fsp3) is 0.273. The van der Waals surface area contributed by atoms with Gasteiger partial charge in [-0.15, -0.1) is 0 Å². The predicted molar refractivity (Wildman–Crippen MR) is 110 cm³/mol. The van der Waals surface area contributed by atoms with Gasteiger partial charge in [0.1, 0.15) is 11.6 Å². The highest BCUT2D eigenvalue weighted by Crippen LogP contribution is 2.25. The second-order valence-corrected chi connectivity index (χ2v) is 7.04. The van der Waals surface area contributed by atoms with E-state index in [2.05, 4.69) is 84.7 Å². The predicted octanol–water partition coefficient (Wildman–Crippen LogP) is 5.45. The lowest BCUT2D eigenvalue weighted by Gasteiger charge is -2.10. The van der Waals surface area contributed by atoms with Crippen LogP contribution in [0.5, 0.6) is 0 Å². The normalized spacial score (nSPS) is 11.0. The number of benzene rings is 1. The van der Waals surface area contributed by atoms with Gasteiger partial charge in [0.25, 0.3) is 0 Å². The zero-order valence-corrected chi connectivity index (χ0v) is 15.8. The van der Waals surface area contributed by atoms with E-state index in [1.54, 1.807) is 0 Å². The maximum Gasteiger partial charge on any atom is 0.126 e. The molecule has 0 unspecified atom stereocenters. The minimum atomic E-state index is 0.378. The smallest absolute Gasteiger partial charge is 0.126 e. The van der Waals surface area contributed by atoms with Gasteiger partial charge in [0.15, 0.2) is 0 Å². The van der Waals surface area contributed by atoms with Crippen molar-refractivity contribution in [2.24, 2.45) is 0 Å². The Hall–Kier alpha value is -2.88. The lowest BCUT2D eigenvalue weighted by molar-refractivity contribution is 0.889. The zero-order valence-electron chi connectivity index (χ0n) is 15.8. The van der Waals surface area contributed by atoms with Crippen LogP contribution in [-0.4, -0.2) is 22.1 Å². The largest absolute Gasteiger partial charge is 0.368 e. The molecule has 2 aromatic heterocycles. The highest BCUT2D eigenvalue weighted by molar-refractivity contribution is 5.70. The lowest BCUT2D eigenvalue weighted by atomic mass is 10.0. The molecule has 1 aromatic carbocycles. The van der Waals surface area contributed by atoms with Gasteiger partial charge in [-0.05, 0) is 63.1 Å². The summed E-state index contributed by atoms with van der Waals surface area (Å²) in [5, 5.41) is 6.61. The fourth-order valence-electron chi connectivity index (χ4n) is 2.75. The molecule has 3 rings (SSSR count). The molecule has 0 aliphatic carbocycles. The van der Waals surface area contributed by atoms with Gasteiger partial charge in [-0.3, -0.25) is 0 Å². The van der Waals surface area contributed by atoms with Crippen molar-refractivity contribution < 1.29 is 0 Å². The number of rotatable bonds is 6. The average molecular weight is 346 g/mol. The first-order valence-electron chi connectivity index (χ1n) is 9.07. The Labute approximate surface area is 155 Å². The topological polar surface area (TPSA) is 49.8 Å². The monoisotopic (exact) mass is 346 g/mol. The molecule has 2 heterocycles. The van der Waals surface area contributed by atoms with E-state index < -0.39 is 0 Å². The summed E-state index contributed by atoms with van der Waals surface area (Å²) < 4.78 is 0.